The van der Waals surface area contributed by atoms with E-state index < -0.39 is 15.4 Å². The van der Waals surface area contributed by atoms with Crippen LogP contribution < -0.4 is 14.2 Å². The number of halogens is 1. The standard InChI is InChI=1S/C25H28ClN3O5S/c1-16(2)13-33-23-17(12-27)10-19(11-22(23)26)25(3,4)18-6-8-21(9-7-18)32-14-20-15-34-24(28-20)29-35(5,30)31/h6-11,15-16H,13-14H2,1-5H3,(H,28,29). The lowest BCUT2D eigenvalue weighted by Gasteiger charge is -2.27. The minimum atomic E-state index is -3.47. The van der Waals surface area contributed by atoms with Gasteiger partial charge in [-0.3, -0.25) is 0 Å². The molecule has 0 radical (unpaired) electrons. The molecule has 0 spiro atoms. The molecule has 0 fully saturated rings. The van der Waals surface area contributed by atoms with Crippen LogP contribution in [0.4, 0.5) is 6.01 Å². The van der Waals surface area contributed by atoms with Gasteiger partial charge in [0, 0.05) is 5.41 Å². The van der Waals surface area contributed by atoms with Crippen molar-refractivity contribution in [1.82, 2.24) is 4.98 Å². The summed E-state index contributed by atoms with van der Waals surface area (Å²) in [6, 6.07) is 13.3. The molecule has 1 aromatic heterocycles. The van der Waals surface area contributed by atoms with Crippen LogP contribution in [0.1, 0.15) is 50.1 Å². The van der Waals surface area contributed by atoms with Crippen molar-refractivity contribution >= 4 is 27.6 Å². The second kappa shape index (κ2) is 10.6. The predicted molar refractivity (Wildman–Crippen MR) is 134 cm³/mol. The molecule has 10 heteroatoms. The van der Waals surface area contributed by atoms with E-state index in [0.717, 1.165) is 17.4 Å². The molecule has 0 aliphatic heterocycles. The van der Waals surface area contributed by atoms with Crippen LogP contribution in [0.25, 0.3) is 0 Å². The Morgan fingerprint density at radius 1 is 1.17 bits per heavy atom. The van der Waals surface area contributed by atoms with Gasteiger partial charge in [-0.2, -0.15) is 10.2 Å². The fourth-order valence-corrected chi connectivity index (χ4v) is 3.99. The summed E-state index contributed by atoms with van der Waals surface area (Å²) in [7, 11) is -3.47. The van der Waals surface area contributed by atoms with Crippen molar-refractivity contribution < 1.29 is 22.3 Å². The molecule has 0 unspecified atom stereocenters. The molecule has 3 aromatic rings. The molecule has 35 heavy (non-hydrogen) atoms. The van der Waals surface area contributed by atoms with Gasteiger partial charge in [0.15, 0.2) is 5.75 Å². The molecule has 2 aromatic carbocycles. The summed E-state index contributed by atoms with van der Waals surface area (Å²) in [4.78, 5) is 4.03. The third-order valence-corrected chi connectivity index (χ3v) is 6.06. The van der Waals surface area contributed by atoms with Crippen LogP contribution in [0.15, 0.2) is 47.1 Å². The van der Waals surface area contributed by atoms with Crippen molar-refractivity contribution in [2.75, 3.05) is 17.6 Å². The van der Waals surface area contributed by atoms with Crippen LogP contribution in [-0.4, -0.2) is 26.3 Å². The second-order valence-electron chi connectivity index (χ2n) is 9.11. The molecule has 0 saturated heterocycles. The summed E-state index contributed by atoms with van der Waals surface area (Å²) in [6.07, 6.45) is 2.34. The van der Waals surface area contributed by atoms with Crippen LogP contribution in [-0.2, 0) is 22.0 Å². The number of nitriles is 1. The first-order valence-corrected chi connectivity index (χ1v) is 13.2. The second-order valence-corrected chi connectivity index (χ2v) is 11.3. The smallest absolute Gasteiger partial charge is 0.308 e. The zero-order valence-corrected chi connectivity index (χ0v) is 21.8. The summed E-state index contributed by atoms with van der Waals surface area (Å²) < 4.78 is 41.3. The molecule has 0 saturated carbocycles. The molecule has 0 atom stereocenters. The van der Waals surface area contributed by atoms with Gasteiger partial charge >= 0.3 is 6.01 Å². The number of rotatable bonds is 10. The Hall–Kier alpha value is -3.22. The molecular formula is C25H28ClN3O5S. The highest BCUT2D eigenvalue weighted by Crippen LogP contribution is 2.38. The number of oxazole rings is 1. The highest BCUT2D eigenvalue weighted by molar-refractivity contribution is 7.91. The molecule has 1 N–H and O–H groups in total. The average Bonchev–Trinajstić information content (AvgIpc) is 3.22. The molecule has 0 aliphatic rings. The maximum atomic E-state index is 11.3. The summed E-state index contributed by atoms with van der Waals surface area (Å²) in [6.45, 7) is 8.75. The zero-order valence-electron chi connectivity index (χ0n) is 20.3. The van der Waals surface area contributed by atoms with E-state index in [1.165, 1.54) is 6.26 Å². The van der Waals surface area contributed by atoms with Crippen LogP contribution in [0.2, 0.25) is 5.02 Å². The van der Waals surface area contributed by atoms with Gasteiger partial charge in [-0.25, -0.2) is 13.1 Å². The van der Waals surface area contributed by atoms with E-state index in [-0.39, 0.29) is 12.6 Å². The van der Waals surface area contributed by atoms with Gasteiger partial charge in [-0.15, -0.1) is 0 Å². The van der Waals surface area contributed by atoms with E-state index in [2.05, 4.69) is 29.6 Å². The van der Waals surface area contributed by atoms with Gasteiger partial charge in [-0.05, 0) is 41.3 Å². The third-order valence-electron chi connectivity index (χ3n) is 5.23. The van der Waals surface area contributed by atoms with Gasteiger partial charge in [0.05, 0.1) is 23.4 Å². The van der Waals surface area contributed by atoms with Crippen molar-refractivity contribution in [2.45, 2.75) is 39.7 Å². The molecule has 0 aliphatic carbocycles. The molecule has 186 valence electrons. The molecule has 1 heterocycles. The summed E-state index contributed by atoms with van der Waals surface area (Å²) in [5.41, 5.74) is 2.29. The van der Waals surface area contributed by atoms with Crippen molar-refractivity contribution in [3.05, 3.63) is 70.1 Å². The SMILES string of the molecule is CC(C)COc1c(Cl)cc(C(C)(C)c2ccc(OCc3coc(NS(C)(=O)=O)n3)cc2)cc1C#N. The quantitative estimate of drug-likeness (QED) is 0.377. The van der Waals surface area contributed by atoms with Gasteiger partial charge in [0.2, 0.25) is 10.0 Å². The van der Waals surface area contributed by atoms with Crippen LogP contribution in [0, 0.1) is 17.2 Å². The van der Waals surface area contributed by atoms with Gasteiger partial charge < -0.3 is 13.9 Å². The topological polar surface area (TPSA) is 114 Å². The monoisotopic (exact) mass is 517 g/mol. The largest absolute Gasteiger partial charge is 0.490 e. The summed E-state index contributed by atoms with van der Waals surface area (Å²) >= 11 is 6.50. The Balaban J connectivity index is 1.73. The Kier molecular flexibility index (Phi) is 7.98. The van der Waals surface area contributed by atoms with E-state index in [9.17, 15) is 13.7 Å². The molecule has 0 bridgehead atoms. The normalized spacial score (nSPS) is 11.8. The first kappa shape index (κ1) is 26.4. The maximum absolute atomic E-state index is 11.3. The number of nitrogens with one attached hydrogen (secondary N) is 1. The van der Waals surface area contributed by atoms with E-state index in [0.29, 0.717) is 40.3 Å². The van der Waals surface area contributed by atoms with E-state index in [4.69, 9.17) is 25.5 Å². The fraction of sp³-hybridized carbons (Fsp3) is 0.360. The van der Waals surface area contributed by atoms with Crippen molar-refractivity contribution in [3.8, 4) is 17.6 Å². The highest BCUT2D eigenvalue weighted by Gasteiger charge is 2.26. The van der Waals surface area contributed by atoms with E-state index in [1.807, 2.05) is 50.2 Å². The minimum Gasteiger partial charge on any atom is -0.490 e. The highest BCUT2D eigenvalue weighted by atomic mass is 35.5. The van der Waals surface area contributed by atoms with Gasteiger partial charge in [-0.1, -0.05) is 51.4 Å². The van der Waals surface area contributed by atoms with Crippen molar-refractivity contribution in [1.29, 1.82) is 5.26 Å². The molecule has 0 amide bonds. The first-order valence-electron chi connectivity index (χ1n) is 10.9. The van der Waals surface area contributed by atoms with E-state index in [1.54, 1.807) is 0 Å². The summed E-state index contributed by atoms with van der Waals surface area (Å²) in [5.74, 6) is 1.33. The average molecular weight is 518 g/mol. The van der Waals surface area contributed by atoms with Crippen LogP contribution >= 0.6 is 11.6 Å². The van der Waals surface area contributed by atoms with Crippen LogP contribution in [0.5, 0.6) is 11.5 Å². The summed E-state index contributed by atoms with van der Waals surface area (Å²) in [5, 5.41) is 10.1. The predicted octanol–water partition coefficient (Wildman–Crippen LogP) is 5.51. The Bertz CT molecular complexity index is 1330. The molecule has 8 nitrogen and oxygen atoms in total. The van der Waals surface area contributed by atoms with Gasteiger partial charge in [0.25, 0.3) is 0 Å². The maximum Gasteiger partial charge on any atom is 0.308 e. The van der Waals surface area contributed by atoms with Gasteiger partial charge in [0.1, 0.15) is 30.4 Å². The minimum absolute atomic E-state index is 0.108. The zero-order chi connectivity index (χ0) is 25.8. The first-order chi connectivity index (χ1) is 16.4. The molecule has 3 rings (SSSR count). The van der Waals surface area contributed by atoms with Crippen molar-refractivity contribution in [2.24, 2.45) is 5.92 Å². The van der Waals surface area contributed by atoms with E-state index >= 15 is 0 Å². The number of aromatic nitrogens is 1. The number of nitrogens with zero attached hydrogens (tertiary/aromatic N) is 2. The Morgan fingerprint density at radius 2 is 1.86 bits per heavy atom. The number of anilines is 1. The Morgan fingerprint density at radius 3 is 2.46 bits per heavy atom. The lowest BCUT2D eigenvalue weighted by molar-refractivity contribution is 0.270. The van der Waals surface area contributed by atoms with Crippen LogP contribution in [0.3, 0.4) is 0 Å². The number of ether oxygens (including phenoxy) is 2. The van der Waals surface area contributed by atoms with Crippen molar-refractivity contribution in [3.63, 3.8) is 0 Å². The molecular weight excluding hydrogens is 490 g/mol. The lowest BCUT2D eigenvalue weighted by Crippen LogP contribution is -2.19. The number of hydrogen-bond acceptors (Lipinski definition) is 7. The number of sulfonamides is 1. The Labute approximate surface area is 210 Å². The lowest BCUT2D eigenvalue weighted by atomic mass is 9.77. The number of benzene rings is 2. The fourth-order valence-electron chi connectivity index (χ4n) is 3.30. The third kappa shape index (κ3) is 6.90. The number of hydrogen-bond donors (Lipinski definition) is 1.